The smallest absolute Gasteiger partial charge is 0.235 e. The molecule has 0 saturated heterocycles. The first-order chi connectivity index (χ1) is 5.81. The molecular weight excluding hydrogens is 166 g/mol. The third kappa shape index (κ3) is 9.30. The molecule has 4 nitrogen and oxygen atoms in total. The molecule has 0 atom stereocenters. The second-order valence-electron chi connectivity index (χ2n) is 4.58. The molecule has 0 spiro atoms. The van der Waals surface area contributed by atoms with E-state index in [1.807, 2.05) is 0 Å². The standard InChI is InChI=1S/C9H21N3O/c1-9(2,3)5-6-11-8(13)7-12(4)10/h5-7,10H2,1-4H3,(H,11,13). The predicted molar refractivity (Wildman–Crippen MR) is 53.9 cm³/mol. The number of nitrogens with one attached hydrogen (secondary N) is 1. The first kappa shape index (κ1) is 12.4. The molecule has 0 aromatic heterocycles. The highest BCUT2D eigenvalue weighted by atomic mass is 16.2. The number of carbonyl (C=O) groups excluding carboxylic acids is 1. The molecule has 0 radical (unpaired) electrons. The van der Waals surface area contributed by atoms with Gasteiger partial charge in [0.15, 0.2) is 0 Å². The largest absolute Gasteiger partial charge is 0.355 e. The van der Waals surface area contributed by atoms with Gasteiger partial charge < -0.3 is 5.32 Å². The third-order valence-corrected chi connectivity index (χ3v) is 1.59. The van der Waals surface area contributed by atoms with E-state index in [2.05, 4.69) is 26.1 Å². The van der Waals surface area contributed by atoms with Gasteiger partial charge in [-0.25, -0.2) is 5.01 Å². The molecule has 0 unspecified atom stereocenters. The van der Waals surface area contributed by atoms with Crippen LogP contribution in [0.25, 0.3) is 0 Å². The van der Waals surface area contributed by atoms with Crippen molar-refractivity contribution in [2.24, 2.45) is 11.3 Å². The lowest BCUT2D eigenvalue weighted by Gasteiger charge is -2.18. The molecule has 3 N–H and O–H groups in total. The molecule has 0 saturated carbocycles. The van der Waals surface area contributed by atoms with E-state index in [9.17, 15) is 4.79 Å². The van der Waals surface area contributed by atoms with Crippen molar-refractivity contribution in [2.75, 3.05) is 20.1 Å². The molecule has 0 aromatic carbocycles. The number of hydrazine groups is 1. The number of hydrogen-bond acceptors (Lipinski definition) is 3. The Kier molecular flexibility index (Phi) is 4.95. The zero-order valence-corrected chi connectivity index (χ0v) is 9.05. The molecule has 13 heavy (non-hydrogen) atoms. The Morgan fingerprint density at radius 1 is 1.46 bits per heavy atom. The van der Waals surface area contributed by atoms with Gasteiger partial charge in [0.2, 0.25) is 5.91 Å². The zero-order valence-electron chi connectivity index (χ0n) is 9.05. The second kappa shape index (κ2) is 5.19. The minimum Gasteiger partial charge on any atom is -0.355 e. The van der Waals surface area contributed by atoms with Gasteiger partial charge in [-0.05, 0) is 11.8 Å². The van der Waals surface area contributed by atoms with Gasteiger partial charge in [-0.1, -0.05) is 20.8 Å². The van der Waals surface area contributed by atoms with Crippen molar-refractivity contribution in [1.82, 2.24) is 10.3 Å². The number of rotatable bonds is 4. The number of hydrogen-bond donors (Lipinski definition) is 2. The van der Waals surface area contributed by atoms with Crippen LogP contribution in [0.15, 0.2) is 0 Å². The molecule has 0 fully saturated rings. The third-order valence-electron chi connectivity index (χ3n) is 1.59. The number of amides is 1. The summed E-state index contributed by atoms with van der Waals surface area (Å²) in [5.41, 5.74) is 0.266. The molecular formula is C9H21N3O. The lowest BCUT2D eigenvalue weighted by molar-refractivity contribution is -0.122. The first-order valence-electron chi connectivity index (χ1n) is 4.54. The summed E-state index contributed by atoms with van der Waals surface area (Å²) in [6.45, 7) is 7.41. The summed E-state index contributed by atoms with van der Waals surface area (Å²) >= 11 is 0. The highest BCUT2D eigenvalue weighted by Crippen LogP contribution is 2.16. The molecule has 78 valence electrons. The summed E-state index contributed by atoms with van der Waals surface area (Å²) in [6, 6.07) is 0. The van der Waals surface area contributed by atoms with Crippen LogP contribution < -0.4 is 11.2 Å². The average Bonchev–Trinajstić information content (AvgIpc) is 1.81. The van der Waals surface area contributed by atoms with Crippen molar-refractivity contribution >= 4 is 5.91 Å². The fourth-order valence-corrected chi connectivity index (χ4v) is 0.859. The molecule has 1 amide bonds. The zero-order chi connectivity index (χ0) is 10.5. The van der Waals surface area contributed by atoms with Crippen LogP contribution in [-0.4, -0.2) is 31.1 Å². The Bertz CT molecular complexity index is 161. The van der Waals surface area contributed by atoms with E-state index in [1.54, 1.807) is 7.05 Å². The van der Waals surface area contributed by atoms with Gasteiger partial charge in [-0.15, -0.1) is 0 Å². The van der Waals surface area contributed by atoms with Gasteiger partial charge in [0.25, 0.3) is 0 Å². The summed E-state index contributed by atoms with van der Waals surface area (Å²) in [6.07, 6.45) is 0.979. The van der Waals surface area contributed by atoms with Crippen LogP contribution in [0, 0.1) is 5.41 Å². The summed E-state index contributed by atoms with van der Waals surface area (Å²) in [5.74, 6) is 5.30. The van der Waals surface area contributed by atoms with Crippen LogP contribution in [-0.2, 0) is 4.79 Å². The van der Waals surface area contributed by atoms with Crippen molar-refractivity contribution in [2.45, 2.75) is 27.2 Å². The lowest BCUT2D eigenvalue weighted by atomic mass is 9.92. The van der Waals surface area contributed by atoms with E-state index in [4.69, 9.17) is 5.84 Å². The van der Waals surface area contributed by atoms with E-state index < -0.39 is 0 Å². The van der Waals surface area contributed by atoms with E-state index in [0.717, 1.165) is 13.0 Å². The fourth-order valence-electron chi connectivity index (χ4n) is 0.859. The summed E-state index contributed by atoms with van der Waals surface area (Å²) in [5, 5.41) is 4.18. The fraction of sp³-hybridized carbons (Fsp3) is 0.889. The number of likely N-dealkylation sites (N-methyl/N-ethyl adjacent to an activating group) is 1. The summed E-state index contributed by atoms with van der Waals surface area (Å²) in [4.78, 5) is 11.1. The number of nitrogens with zero attached hydrogens (tertiary/aromatic N) is 1. The molecule has 0 aromatic rings. The molecule has 0 aliphatic heterocycles. The van der Waals surface area contributed by atoms with Crippen molar-refractivity contribution in [1.29, 1.82) is 0 Å². The van der Waals surface area contributed by atoms with Gasteiger partial charge in [0, 0.05) is 13.6 Å². The second-order valence-corrected chi connectivity index (χ2v) is 4.58. The average molecular weight is 187 g/mol. The first-order valence-corrected chi connectivity index (χ1v) is 4.54. The predicted octanol–water partition coefficient (Wildman–Crippen LogP) is 0.344. The van der Waals surface area contributed by atoms with Gasteiger partial charge in [-0.2, -0.15) is 0 Å². The molecule has 0 bridgehead atoms. The quantitative estimate of drug-likeness (QED) is 0.493. The van der Waals surface area contributed by atoms with Crippen LogP contribution >= 0.6 is 0 Å². The van der Waals surface area contributed by atoms with Gasteiger partial charge in [-0.3, -0.25) is 10.6 Å². The van der Waals surface area contributed by atoms with Crippen LogP contribution in [0.2, 0.25) is 0 Å². The number of carbonyl (C=O) groups is 1. The van der Waals surface area contributed by atoms with E-state index in [0.29, 0.717) is 0 Å². The van der Waals surface area contributed by atoms with Crippen LogP contribution in [0.4, 0.5) is 0 Å². The van der Waals surface area contributed by atoms with E-state index in [-0.39, 0.29) is 17.9 Å². The maximum atomic E-state index is 11.1. The van der Waals surface area contributed by atoms with Crippen molar-refractivity contribution < 1.29 is 4.79 Å². The van der Waals surface area contributed by atoms with Gasteiger partial charge >= 0.3 is 0 Å². The SMILES string of the molecule is CN(N)CC(=O)NCCC(C)(C)C. The molecule has 4 heteroatoms. The van der Waals surface area contributed by atoms with Crippen LogP contribution in [0.1, 0.15) is 27.2 Å². The van der Waals surface area contributed by atoms with Gasteiger partial charge in [0.1, 0.15) is 0 Å². The maximum Gasteiger partial charge on any atom is 0.235 e. The summed E-state index contributed by atoms with van der Waals surface area (Å²) in [7, 11) is 1.67. The van der Waals surface area contributed by atoms with Crippen molar-refractivity contribution in [3.05, 3.63) is 0 Å². The topological polar surface area (TPSA) is 58.4 Å². The van der Waals surface area contributed by atoms with E-state index >= 15 is 0 Å². The number of nitrogens with two attached hydrogens (primary N) is 1. The van der Waals surface area contributed by atoms with Crippen LogP contribution in [0.3, 0.4) is 0 Å². The minimum absolute atomic E-state index is 0.0192. The highest BCUT2D eigenvalue weighted by Gasteiger charge is 2.10. The lowest BCUT2D eigenvalue weighted by Crippen LogP contribution is -2.39. The normalized spacial score (nSPS) is 11.8. The van der Waals surface area contributed by atoms with Crippen molar-refractivity contribution in [3.8, 4) is 0 Å². The molecule has 0 aliphatic carbocycles. The molecule has 0 rings (SSSR count). The van der Waals surface area contributed by atoms with Crippen LogP contribution in [0.5, 0.6) is 0 Å². The monoisotopic (exact) mass is 187 g/mol. The van der Waals surface area contributed by atoms with E-state index in [1.165, 1.54) is 5.01 Å². The van der Waals surface area contributed by atoms with Gasteiger partial charge in [0.05, 0.1) is 6.54 Å². The Hall–Kier alpha value is -0.610. The Balaban J connectivity index is 3.49. The Morgan fingerprint density at radius 2 is 2.00 bits per heavy atom. The molecule has 0 heterocycles. The highest BCUT2D eigenvalue weighted by molar-refractivity contribution is 5.77. The maximum absolute atomic E-state index is 11.1. The summed E-state index contributed by atoms with van der Waals surface area (Å²) < 4.78 is 0. The Labute approximate surface area is 80.4 Å². The minimum atomic E-state index is -0.0192. The van der Waals surface area contributed by atoms with Crippen molar-refractivity contribution in [3.63, 3.8) is 0 Å². The Morgan fingerprint density at radius 3 is 2.38 bits per heavy atom. The molecule has 0 aliphatic rings.